The van der Waals surface area contributed by atoms with Crippen LogP contribution in [0.1, 0.15) is 34.8 Å². The molecule has 1 amide bonds. The zero-order valence-corrected chi connectivity index (χ0v) is 14.2. The summed E-state index contributed by atoms with van der Waals surface area (Å²) in [5.41, 5.74) is 3.14. The number of nitrogens with one attached hydrogen (secondary N) is 2. The van der Waals surface area contributed by atoms with Crippen LogP contribution in [0.5, 0.6) is 0 Å². The summed E-state index contributed by atoms with van der Waals surface area (Å²) >= 11 is 0. The van der Waals surface area contributed by atoms with Crippen LogP contribution in [0, 0.1) is 0 Å². The van der Waals surface area contributed by atoms with Crippen molar-refractivity contribution in [2.45, 2.75) is 18.8 Å². The lowest BCUT2D eigenvalue weighted by Crippen LogP contribution is -2.39. The Kier molecular flexibility index (Phi) is 4.35. The number of piperidine rings is 1. The van der Waals surface area contributed by atoms with Gasteiger partial charge < -0.3 is 9.88 Å². The van der Waals surface area contributed by atoms with Gasteiger partial charge >= 0.3 is 0 Å². The highest BCUT2D eigenvalue weighted by Gasteiger charge is 2.26. The van der Waals surface area contributed by atoms with Gasteiger partial charge in [-0.3, -0.25) is 14.7 Å². The third kappa shape index (κ3) is 3.28. The maximum absolute atomic E-state index is 13.0. The summed E-state index contributed by atoms with van der Waals surface area (Å²) in [5, 5.41) is 6.75. The van der Waals surface area contributed by atoms with Crippen LogP contribution in [-0.4, -0.2) is 44.1 Å². The molecule has 0 saturated carbocycles. The summed E-state index contributed by atoms with van der Waals surface area (Å²) in [6.45, 7) is 1.29. The number of hydrogen-bond acceptors (Lipinski definition) is 4. The first-order chi connectivity index (χ1) is 12.7. The van der Waals surface area contributed by atoms with E-state index in [1.165, 1.54) is 12.4 Å². The first-order valence-corrected chi connectivity index (χ1v) is 8.64. The second-order valence-corrected chi connectivity index (χ2v) is 6.49. The topological polar surface area (TPSA) is 94.7 Å². The number of carbonyl (C=O) groups excluding carboxylic acids is 1. The fourth-order valence-electron chi connectivity index (χ4n) is 3.43. The maximum Gasteiger partial charge on any atom is 0.253 e. The summed E-state index contributed by atoms with van der Waals surface area (Å²) < 4.78 is 0. The minimum absolute atomic E-state index is 0.00452. The number of benzene rings is 1. The van der Waals surface area contributed by atoms with Crippen LogP contribution in [-0.2, 0) is 0 Å². The quantitative estimate of drug-likeness (QED) is 0.758. The largest absolute Gasteiger partial charge is 0.338 e. The van der Waals surface area contributed by atoms with E-state index in [4.69, 9.17) is 0 Å². The second kappa shape index (κ2) is 6.95. The zero-order valence-electron chi connectivity index (χ0n) is 14.2. The number of likely N-dealkylation sites (tertiary alicyclic amines) is 1. The molecular formula is C19H19N5O2. The van der Waals surface area contributed by atoms with Crippen LogP contribution in [0.4, 0.5) is 0 Å². The molecule has 0 aliphatic carbocycles. The fraction of sp³-hybridized carbons (Fsp3) is 0.263. The molecule has 26 heavy (non-hydrogen) atoms. The van der Waals surface area contributed by atoms with Gasteiger partial charge in [0, 0.05) is 42.4 Å². The number of hydrogen-bond donors (Lipinski definition) is 2. The van der Waals surface area contributed by atoms with E-state index in [-0.39, 0.29) is 17.4 Å². The van der Waals surface area contributed by atoms with Gasteiger partial charge in [-0.25, -0.2) is 4.98 Å². The van der Waals surface area contributed by atoms with Gasteiger partial charge in [-0.2, -0.15) is 5.10 Å². The van der Waals surface area contributed by atoms with Crippen molar-refractivity contribution in [3.63, 3.8) is 0 Å². The van der Waals surface area contributed by atoms with E-state index in [1.807, 2.05) is 29.2 Å². The molecule has 7 nitrogen and oxygen atoms in total. The molecule has 2 aromatic heterocycles. The van der Waals surface area contributed by atoms with Crippen molar-refractivity contribution in [1.82, 2.24) is 25.1 Å². The number of H-pyrrole nitrogens is 2. The molecule has 1 aliphatic heterocycles. The second-order valence-electron chi connectivity index (χ2n) is 6.49. The van der Waals surface area contributed by atoms with E-state index in [1.54, 1.807) is 12.4 Å². The van der Waals surface area contributed by atoms with Gasteiger partial charge in [0.05, 0.1) is 18.2 Å². The average molecular weight is 349 g/mol. The highest BCUT2D eigenvalue weighted by atomic mass is 16.2. The number of aromatic nitrogens is 4. The highest BCUT2D eigenvalue weighted by Crippen LogP contribution is 2.26. The average Bonchev–Trinajstić information content (AvgIpc) is 3.22. The molecular weight excluding hydrogens is 330 g/mol. The molecule has 3 heterocycles. The van der Waals surface area contributed by atoms with Gasteiger partial charge in [0.2, 0.25) is 0 Å². The predicted octanol–water partition coefficient (Wildman–Crippen LogP) is 2.18. The van der Waals surface area contributed by atoms with Gasteiger partial charge in [0.25, 0.3) is 11.5 Å². The van der Waals surface area contributed by atoms with Gasteiger partial charge in [-0.1, -0.05) is 12.1 Å². The van der Waals surface area contributed by atoms with Crippen molar-refractivity contribution in [1.29, 1.82) is 0 Å². The van der Waals surface area contributed by atoms with Gasteiger partial charge in [0.15, 0.2) is 0 Å². The molecule has 132 valence electrons. The first-order valence-electron chi connectivity index (χ1n) is 8.64. The summed E-state index contributed by atoms with van der Waals surface area (Å²) in [7, 11) is 0. The molecule has 0 bridgehead atoms. The Morgan fingerprint density at radius 1 is 1.23 bits per heavy atom. The summed E-state index contributed by atoms with van der Waals surface area (Å²) in [6.07, 6.45) is 6.78. The monoisotopic (exact) mass is 349 g/mol. The number of nitrogens with zero attached hydrogens (tertiary/aromatic N) is 3. The maximum atomic E-state index is 13.0. The van der Waals surface area contributed by atoms with Crippen LogP contribution in [0.15, 0.2) is 53.8 Å². The SMILES string of the molecule is O=C(c1cccc(-c2cn[nH]c2)c1)N1CCCC(c2cc(=O)[nH]cn2)C1. The summed E-state index contributed by atoms with van der Waals surface area (Å²) in [6, 6.07) is 9.09. The van der Waals surface area contributed by atoms with E-state index in [0.717, 1.165) is 29.7 Å². The number of rotatable bonds is 3. The van der Waals surface area contributed by atoms with Crippen LogP contribution in [0.25, 0.3) is 11.1 Å². The molecule has 7 heteroatoms. The Balaban J connectivity index is 1.54. The zero-order chi connectivity index (χ0) is 17.9. The molecule has 0 radical (unpaired) electrons. The Hall–Kier alpha value is -3.22. The van der Waals surface area contributed by atoms with Crippen molar-refractivity contribution < 1.29 is 4.79 Å². The van der Waals surface area contributed by atoms with E-state index >= 15 is 0 Å². The van der Waals surface area contributed by atoms with Crippen molar-refractivity contribution in [3.05, 3.63) is 70.7 Å². The van der Waals surface area contributed by atoms with E-state index in [9.17, 15) is 9.59 Å². The van der Waals surface area contributed by atoms with E-state index in [2.05, 4.69) is 20.2 Å². The molecule has 1 fully saturated rings. The Morgan fingerprint density at radius 2 is 2.15 bits per heavy atom. The molecule has 1 saturated heterocycles. The third-order valence-electron chi connectivity index (χ3n) is 4.77. The minimum Gasteiger partial charge on any atom is -0.338 e. The molecule has 0 spiro atoms. The fourth-order valence-corrected chi connectivity index (χ4v) is 3.43. The normalized spacial score (nSPS) is 17.2. The number of aromatic amines is 2. The molecule has 3 aromatic rings. The first kappa shape index (κ1) is 16.3. The van der Waals surface area contributed by atoms with Gasteiger partial charge in [0.1, 0.15) is 0 Å². The van der Waals surface area contributed by atoms with Crippen molar-refractivity contribution in [2.24, 2.45) is 0 Å². The van der Waals surface area contributed by atoms with Gasteiger partial charge in [-0.05, 0) is 30.5 Å². The molecule has 1 atom stereocenters. The summed E-state index contributed by atoms with van der Waals surface area (Å²) in [4.78, 5) is 33.2. The molecule has 1 aromatic carbocycles. The lowest BCUT2D eigenvalue weighted by Gasteiger charge is -2.32. The molecule has 4 rings (SSSR count). The number of carbonyl (C=O) groups is 1. The summed E-state index contributed by atoms with van der Waals surface area (Å²) in [5.74, 6) is 0.0944. The highest BCUT2D eigenvalue weighted by molar-refractivity contribution is 5.95. The third-order valence-corrected chi connectivity index (χ3v) is 4.77. The van der Waals surface area contributed by atoms with Crippen LogP contribution in [0.2, 0.25) is 0 Å². The minimum atomic E-state index is -0.161. The van der Waals surface area contributed by atoms with E-state index < -0.39 is 0 Å². The van der Waals surface area contributed by atoms with Crippen LogP contribution >= 0.6 is 0 Å². The lowest BCUT2D eigenvalue weighted by atomic mass is 9.94. The van der Waals surface area contributed by atoms with Crippen LogP contribution in [0.3, 0.4) is 0 Å². The van der Waals surface area contributed by atoms with Crippen molar-refractivity contribution in [2.75, 3.05) is 13.1 Å². The van der Waals surface area contributed by atoms with Crippen LogP contribution < -0.4 is 5.56 Å². The van der Waals surface area contributed by atoms with Crippen molar-refractivity contribution >= 4 is 5.91 Å². The molecule has 1 aliphatic rings. The number of amides is 1. The van der Waals surface area contributed by atoms with Gasteiger partial charge in [-0.15, -0.1) is 0 Å². The van der Waals surface area contributed by atoms with E-state index in [0.29, 0.717) is 18.7 Å². The van der Waals surface area contributed by atoms with Crippen molar-refractivity contribution in [3.8, 4) is 11.1 Å². The standard InChI is InChI=1S/C19H19N5O2/c25-18-8-17(20-12-21-18)15-5-2-6-24(11-15)19(26)14-4-1-3-13(7-14)16-9-22-23-10-16/h1,3-4,7-10,12,15H,2,5-6,11H2,(H,22,23)(H,20,21,25). The predicted molar refractivity (Wildman–Crippen MR) is 96.8 cm³/mol. The molecule has 2 N–H and O–H groups in total. The Labute approximate surface area is 150 Å². The Bertz CT molecular complexity index is 964. The molecule has 1 unspecified atom stereocenters. The smallest absolute Gasteiger partial charge is 0.253 e. The lowest BCUT2D eigenvalue weighted by molar-refractivity contribution is 0.0706. The Morgan fingerprint density at radius 3 is 2.96 bits per heavy atom.